The van der Waals surface area contributed by atoms with Gasteiger partial charge < -0.3 is 4.90 Å². The van der Waals surface area contributed by atoms with Gasteiger partial charge in [-0.1, -0.05) is 0 Å². The molecule has 1 saturated heterocycles. The summed E-state index contributed by atoms with van der Waals surface area (Å²) in [6, 6.07) is 3.44. The molecule has 0 aliphatic carbocycles. The summed E-state index contributed by atoms with van der Waals surface area (Å²) in [5.74, 6) is 0.274. The molecule has 0 radical (unpaired) electrons. The van der Waals surface area contributed by atoms with Crippen molar-refractivity contribution in [3.63, 3.8) is 0 Å². The predicted octanol–water partition coefficient (Wildman–Crippen LogP) is 0.660. The summed E-state index contributed by atoms with van der Waals surface area (Å²) >= 11 is 0. The summed E-state index contributed by atoms with van der Waals surface area (Å²) < 4.78 is 23.0. The maximum absolute atomic E-state index is 12.3. The van der Waals surface area contributed by atoms with Crippen molar-refractivity contribution >= 4 is 15.7 Å². The van der Waals surface area contributed by atoms with Gasteiger partial charge in [0.15, 0.2) is 9.84 Å². The van der Waals surface area contributed by atoms with Gasteiger partial charge in [0, 0.05) is 25.0 Å². The van der Waals surface area contributed by atoms with Crippen molar-refractivity contribution in [3.8, 4) is 0 Å². The van der Waals surface area contributed by atoms with E-state index in [0.29, 0.717) is 19.4 Å². The molecule has 19 heavy (non-hydrogen) atoms. The van der Waals surface area contributed by atoms with Gasteiger partial charge in [-0.2, -0.15) is 0 Å². The maximum atomic E-state index is 12.3. The number of carbonyl (C=O) groups is 1. The van der Waals surface area contributed by atoms with Crippen molar-refractivity contribution in [3.05, 3.63) is 30.1 Å². The van der Waals surface area contributed by atoms with E-state index in [4.69, 9.17) is 0 Å². The van der Waals surface area contributed by atoms with Crippen LogP contribution in [0, 0.1) is 0 Å². The van der Waals surface area contributed by atoms with Crippen molar-refractivity contribution in [1.29, 1.82) is 0 Å². The fraction of sp³-hybridized carbons (Fsp3) is 0.538. The van der Waals surface area contributed by atoms with E-state index in [-0.39, 0.29) is 23.5 Å². The van der Waals surface area contributed by atoms with Gasteiger partial charge in [-0.3, -0.25) is 9.78 Å². The van der Waals surface area contributed by atoms with Crippen molar-refractivity contribution in [2.24, 2.45) is 0 Å². The standard InChI is InChI=1S/C13H18N2O3S/c1-2-15(12-5-8-19(17,18)10-12)13(16)9-11-3-6-14-7-4-11/h3-4,6-7,12H,2,5,8-10H2,1H3. The lowest BCUT2D eigenvalue weighted by Gasteiger charge is -2.26. The Labute approximate surface area is 113 Å². The van der Waals surface area contributed by atoms with Crippen LogP contribution in [0.15, 0.2) is 24.5 Å². The Morgan fingerprint density at radius 1 is 1.42 bits per heavy atom. The minimum absolute atomic E-state index is 0.0178. The zero-order valence-corrected chi connectivity index (χ0v) is 11.8. The molecule has 2 rings (SSSR count). The van der Waals surface area contributed by atoms with E-state index >= 15 is 0 Å². The Hall–Kier alpha value is -1.43. The fourth-order valence-corrected chi connectivity index (χ4v) is 4.17. The van der Waals surface area contributed by atoms with E-state index in [2.05, 4.69) is 4.98 Å². The van der Waals surface area contributed by atoms with Gasteiger partial charge in [-0.25, -0.2) is 8.42 Å². The minimum Gasteiger partial charge on any atom is -0.339 e. The molecule has 1 amide bonds. The van der Waals surface area contributed by atoms with Gasteiger partial charge in [0.1, 0.15) is 0 Å². The van der Waals surface area contributed by atoms with Gasteiger partial charge >= 0.3 is 0 Å². The van der Waals surface area contributed by atoms with E-state index in [1.54, 1.807) is 29.4 Å². The Morgan fingerprint density at radius 3 is 2.63 bits per heavy atom. The molecular weight excluding hydrogens is 264 g/mol. The van der Waals surface area contributed by atoms with Crippen LogP contribution in [0.2, 0.25) is 0 Å². The molecule has 0 aromatic carbocycles. The van der Waals surface area contributed by atoms with Gasteiger partial charge in [-0.15, -0.1) is 0 Å². The molecule has 0 saturated carbocycles. The molecule has 0 spiro atoms. The Bertz CT molecular complexity index is 542. The molecule has 1 fully saturated rings. The highest BCUT2D eigenvalue weighted by atomic mass is 32.2. The Balaban J connectivity index is 2.04. The maximum Gasteiger partial charge on any atom is 0.227 e. The first kappa shape index (κ1) is 14.0. The number of hydrogen-bond acceptors (Lipinski definition) is 4. The smallest absolute Gasteiger partial charge is 0.227 e. The summed E-state index contributed by atoms with van der Waals surface area (Å²) in [5.41, 5.74) is 0.902. The number of pyridine rings is 1. The summed E-state index contributed by atoms with van der Waals surface area (Å²) in [6.07, 6.45) is 4.16. The lowest BCUT2D eigenvalue weighted by molar-refractivity contribution is -0.132. The second-order valence-corrected chi connectivity index (χ2v) is 7.00. The number of likely N-dealkylation sites (N-methyl/N-ethyl adjacent to an activating group) is 1. The van der Waals surface area contributed by atoms with Crippen LogP contribution in [0.5, 0.6) is 0 Å². The van der Waals surface area contributed by atoms with Crippen molar-refractivity contribution in [2.45, 2.75) is 25.8 Å². The molecule has 1 aliphatic rings. The fourth-order valence-electron chi connectivity index (χ4n) is 2.44. The zero-order valence-electron chi connectivity index (χ0n) is 10.9. The molecule has 0 bridgehead atoms. The first-order valence-electron chi connectivity index (χ1n) is 6.40. The van der Waals surface area contributed by atoms with Crippen molar-refractivity contribution < 1.29 is 13.2 Å². The monoisotopic (exact) mass is 282 g/mol. The largest absolute Gasteiger partial charge is 0.339 e. The Morgan fingerprint density at radius 2 is 2.11 bits per heavy atom. The molecule has 1 atom stereocenters. The van der Waals surface area contributed by atoms with Crippen LogP contribution in [0.3, 0.4) is 0 Å². The van der Waals surface area contributed by atoms with Crippen LogP contribution in [0.25, 0.3) is 0 Å². The summed E-state index contributed by atoms with van der Waals surface area (Å²) in [6.45, 7) is 2.43. The molecule has 104 valence electrons. The van der Waals surface area contributed by atoms with Crippen molar-refractivity contribution in [1.82, 2.24) is 9.88 Å². The van der Waals surface area contributed by atoms with Crippen molar-refractivity contribution in [2.75, 3.05) is 18.1 Å². The molecule has 2 heterocycles. The van der Waals surface area contributed by atoms with Crippen LogP contribution in [0.1, 0.15) is 18.9 Å². The highest BCUT2D eigenvalue weighted by Gasteiger charge is 2.33. The molecule has 1 aromatic heterocycles. The predicted molar refractivity (Wildman–Crippen MR) is 72.4 cm³/mol. The molecule has 1 unspecified atom stereocenters. The molecule has 5 nitrogen and oxygen atoms in total. The average Bonchev–Trinajstić information content (AvgIpc) is 2.72. The van der Waals surface area contributed by atoms with E-state index < -0.39 is 9.84 Å². The van der Waals surface area contributed by atoms with Crippen LogP contribution < -0.4 is 0 Å². The second kappa shape index (κ2) is 5.69. The number of nitrogens with zero attached hydrogens (tertiary/aromatic N) is 2. The number of hydrogen-bond donors (Lipinski definition) is 0. The third kappa shape index (κ3) is 3.53. The highest BCUT2D eigenvalue weighted by Crippen LogP contribution is 2.18. The molecule has 1 aliphatic heterocycles. The highest BCUT2D eigenvalue weighted by molar-refractivity contribution is 7.91. The van der Waals surface area contributed by atoms with Gasteiger partial charge in [0.05, 0.1) is 17.9 Å². The van der Waals surface area contributed by atoms with Crippen LogP contribution in [-0.2, 0) is 21.1 Å². The third-order valence-electron chi connectivity index (χ3n) is 3.41. The summed E-state index contributed by atoms with van der Waals surface area (Å²) in [4.78, 5) is 17.8. The quantitative estimate of drug-likeness (QED) is 0.813. The summed E-state index contributed by atoms with van der Waals surface area (Å²) in [7, 11) is -2.96. The van der Waals surface area contributed by atoms with Gasteiger partial charge in [0.2, 0.25) is 5.91 Å². The number of amides is 1. The topological polar surface area (TPSA) is 67.3 Å². The first-order valence-corrected chi connectivity index (χ1v) is 8.23. The van der Waals surface area contributed by atoms with E-state index in [1.165, 1.54) is 0 Å². The molecular formula is C13H18N2O3S. The molecule has 6 heteroatoms. The van der Waals surface area contributed by atoms with E-state index in [1.807, 2.05) is 6.92 Å². The van der Waals surface area contributed by atoms with E-state index in [9.17, 15) is 13.2 Å². The summed E-state index contributed by atoms with van der Waals surface area (Å²) in [5, 5.41) is 0. The number of rotatable bonds is 4. The third-order valence-corrected chi connectivity index (χ3v) is 5.17. The first-order chi connectivity index (χ1) is 9.02. The minimum atomic E-state index is -2.96. The Kier molecular flexibility index (Phi) is 4.19. The average molecular weight is 282 g/mol. The number of sulfone groups is 1. The SMILES string of the molecule is CCN(C(=O)Cc1ccncc1)C1CCS(=O)(=O)C1. The van der Waals surface area contributed by atoms with Crippen LogP contribution in [0.4, 0.5) is 0 Å². The zero-order chi connectivity index (χ0) is 13.9. The van der Waals surface area contributed by atoms with Gasteiger partial charge in [0.25, 0.3) is 0 Å². The number of carbonyl (C=O) groups excluding carboxylic acids is 1. The van der Waals surface area contributed by atoms with Crippen LogP contribution in [-0.4, -0.2) is 48.3 Å². The lowest BCUT2D eigenvalue weighted by Crippen LogP contribution is -2.41. The molecule has 0 N–H and O–H groups in total. The van der Waals surface area contributed by atoms with E-state index in [0.717, 1.165) is 5.56 Å². The van der Waals surface area contributed by atoms with Crippen LogP contribution >= 0.6 is 0 Å². The lowest BCUT2D eigenvalue weighted by atomic mass is 10.1. The normalized spacial score (nSPS) is 21.2. The number of aromatic nitrogens is 1. The molecule has 1 aromatic rings. The van der Waals surface area contributed by atoms with Gasteiger partial charge in [-0.05, 0) is 31.0 Å². The second-order valence-electron chi connectivity index (χ2n) is 4.77.